The highest BCUT2D eigenvalue weighted by molar-refractivity contribution is 7.09. The Morgan fingerprint density at radius 1 is 1.19 bits per heavy atom. The number of aromatic hydroxyl groups is 1. The quantitative estimate of drug-likeness (QED) is 0.822. The summed E-state index contributed by atoms with van der Waals surface area (Å²) in [4.78, 5) is 3.51. The maximum absolute atomic E-state index is 10.2. The molecule has 2 aromatic rings. The molecule has 0 saturated heterocycles. The molecule has 0 unspecified atom stereocenters. The number of nitrogens with zero attached hydrogens (tertiary/aromatic N) is 1. The van der Waals surface area contributed by atoms with Crippen LogP contribution in [0.15, 0.2) is 35.7 Å². The van der Waals surface area contributed by atoms with Crippen molar-refractivity contribution < 1.29 is 10.2 Å². The van der Waals surface area contributed by atoms with E-state index in [1.165, 1.54) is 4.88 Å². The van der Waals surface area contributed by atoms with Crippen LogP contribution < -0.4 is 0 Å². The van der Waals surface area contributed by atoms with E-state index in [-0.39, 0.29) is 12.6 Å². The predicted octanol–water partition coefficient (Wildman–Crippen LogP) is 3.54. The number of phenols is 1. The van der Waals surface area contributed by atoms with Crippen molar-refractivity contribution in [2.45, 2.75) is 39.4 Å². The first-order valence-corrected chi connectivity index (χ1v) is 8.18. The number of para-hydroxylation sites is 1. The fraction of sp³-hybridized carbons (Fsp3) is 0.412. The minimum Gasteiger partial charge on any atom is -0.507 e. The molecular weight excluding hydrogens is 282 g/mol. The van der Waals surface area contributed by atoms with Crippen molar-refractivity contribution in [3.63, 3.8) is 0 Å². The third-order valence-corrected chi connectivity index (χ3v) is 4.69. The topological polar surface area (TPSA) is 43.7 Å². The van der Waals surface area contributed by atoms with Crippen LogP contribution in [0.1, 0.15) is 29.3 Å². The SMILES string of the molecule is CC[C@@H](CO)N(Cc1cccs1)Cc1cccc(C)c1O. The Kier molecular flexibility index (Phi) is 5.79. The van der Waals surface area contributed by atoms with Gasteiger partial charge in [-0.1, -0.05) is 31.2 Å². The van der Waals surface area contributed by atoms with Gasteiger partial charge in [-0.3, -0.25) is 4.90 Å². The Morgan fingerprint density at radius 3 is 2.62 bits per heavy atom. The maximum atomic E-state index is 10.2. The second-order valence-corrected chi connectivity index (χ2v) is 6.34. The molecule has 0 aliphatic rings. The van der Waals surface area contributed by atoms with Crippen LogP contribution >= 0.6 is 11.3 Å². The molecule has 0 bridgehead atoms. The molecular formula is C17H23NO2S. The molecule has 0 fully saturated rings. The van der Waals surface area contributed by atoms with Crippen LogP contribution in [0.25, 0.3) is 0 Å². The van der Waals surface area contributed by atoms with E-state index in [4.69, 9.17) is 0 Å². The van der Waals surface area contributed by atoms with Gasteiger partial charge in [-0.25, -0.2) is 0 Å². The Balaban J connectivity index is 2.20. The van der Waals surface area contributed by atoms with E-state index in [0.29, 0.717) is 12.3 Å². The van der Waals surface area contributed by atoms with E-state index in [1.54, 1.807) is 11.3 Å². The van der Waals surface area contributed by atoms with Gasteiger partial charge >= 0.3 is 0 Å². The van der Waals surface area contributed by atoms with Gasteiger partial charge in [0.05, 0.1) is 6.61 Å². The molecule has 1 aromatic carbocycles. The zero-order chi connectivity index (χ0) is 15.2. The number of hydrogen-bond donors (Lipinski definition) is 2. The zero-order valence-electron chi connectivity index (χ0n) is 12.6. The summed E-state index contributed by atoms with van der Waals surface area (Å²) in [6.45, 7) is 5.56. The van der Waals surface area contributed by atoms with E-state index in [2.05, 4.69) is 23.3 Å². The zero-order valence-corrected chi connectivity index (χ0v) is 13.4. The van der Waals surface area contributed by atoms with Crippen LogP contribution in [-0.2, 0) is 13.1 Å². The summed E-state index contributed by atoms with van der Waals surface area (Å²) in [5.41, 5.74) is 1.80. The molecule has 3 nitrogen and oxygen atoms in total. The van der Waals surface area contributed by atoms with Crippen LogP contribution in [0.2, 0.25) is 0 Å². The minimum atomic E-state index is 0.104. The summed E-state index contributed by atoms with van der Waals surface area (Å²) in [5, 5.41) is 21.9. The van der Waals surface area contributed by atoms with E-state index in [9.17, 15) is 10.2 Å². The van der Waals surface area contributed by atoms with Crippen LogP contribution in [0, 0.1) is 6.92 Å². The number of aryl methyl sites for hydroxylation is 1. The van der Waals surface area contributed by atoms with Crippen molar-refractivity contribution in [3.8, 4) is 5.75 Å². The number of aliphatic hydroxyl groups excluding tert-OH is 1. The van der Waals surface area contributed by atoms with E-state index < -0.39 is 0 Å². The highest BCUT2D eigenvalue weighted by Gasteiger charge is 2.19. The van der Waals surface area contributed by atoms with Crippen molar-refractivity contribution in [2.75, 3.05) is 6.61 Å². The molecule has 1 atom stereocenters. The molecule has 2 N–H and O–H groups in total. The van der Waals surface area contributed by atoms with Gasteiger partial charge < -0.3 is 10.2 Å². The van der Waals surface area contributed by atoms with Gasteiger partial charge in [-0.2, -0.15) is 0 Å². The number of aliphatic hydroxyl groups is 1. The third-order valence-electron chi connectivity index (χ3n) is 3.83. The lowest BCUT2D eigenvalue weighted by molar-refractivity contribution is 0.107. The summed E-state index contributed by atoms with van der Waals surface area (Å²) in [7, 11) is 0. The fourth-order valence-corrected chi connectivity index (χ4v) is 3.22. The van der Waals surface area contributed by atoms with Crippen molar-refractivity contribution in [2.24, 2.45) is 0 Å². The number of rotatable bonds is 7. The molecule has 1 heterocycles. The van der Waals surface area contributed by atoms with Crippen molar-refractivity contribution in [1.29, 1.82) is 0 Å². The van der Waals surface area contributed by atoms with Gasteiger partial charge in [-0.15, -0.1) is 11.3 Å². The molecule has 21 heavy (non-hydrogen) atoms. The van der Waals surface area contributed by atoms with Crippen LogP contribution in [0.5, 0.6) is 5.75 Å². The first-order valence-electron chi connectivity index (χ1n) is 7.30. The molecule has 0 aliphatic heterocycles. The largest absolute Gasteiger partial charge is 0.507 e. The average molecular weight is 305 g/mol. The van der Waals surface area contributed by atoms with Crippen molar-refractivity contribution in [3.05, 3.63) is 51.7 Å². The van der Waals surface area contributed by atoms with Crippen LogP contribution in [-0.4, -0.2) is 27.8 Å². The van der Waals surface area contributed by atoms with E-state index >= 15 is 0 Å². The smallest absolute Gasteiger partial charge is 0.122 e. The van der Waals surface area contributed by atoms with E-state index in [0.717, 1.165) is 24.1 Å². The monoisotopic (exact) mass is 305 g/mol. The maximum Gasteiger partial charge on any atom is 0.122 e. The fourth-order valence-electron chi connectivity index (χ4n) is 2.49. The summed E-state index contributed by atoms with van der Waals surface area (Å²) in [5.74, 6) is 0.362. The lowest BCUT2D eigenvalue weighted by atomic mass is 10.1. The van der Waals surface area contributed by atoms with Crippen molar-refractivity contribution in [1.82, 2.24) is 4.90 Å². The van der Waals surface area contributed by atoms with Gasteiger partial charge in [0.15, 0.2) is 0 Å². The molecule has 0 aliphatic carbocycles. The first kappa shape index (κ1) is 16.0. The highest BCUT2D eigenvalue weighted by atomic mass is 32.1. The molecule has 4 heteroatoms. The molecule has 0 saturated carbocycles. The van der Waals surface area contributed by atoms with Gasteiger partial charge in [0, 0.05) is 29.6 Å². The molecule has 114 valence electrons. The van der Waals surface area contributed by atoms with Crippen molar-refractivity contribution >= 4 is 11.3 Å². The minimum absolute atomic E-state index is 0.104. The number of benzene rings is 1. The number of phenolic OH excluding ortho intramolecular Hbond substituents is 1. The average Bonchev–Trinajstić information content (AvgIpc) is 2.98. The second-order valence-electron chi connectivity index (χ2n) is 5.31. The van der Waals surface area contributed by atoms with Gasteiger partial charge in [0.2, 0.25) is 0 Å². The third kappa shape index (κ3) is 4.06. The first-order chi connectivity index (χ1) is 10.2. The Bertz CT molecular complexity index is 550. The molecule has 0 spiro atoms. The molecule has 1 aromatic heterocycles. The number of thiophene rings is 1. The molecule has 2 rings (SSSR count). The summed E-state index contributed by atoms with van der Waals surface area (Å²) >= 11 is 1.72. The standard InChI is InChI=1S/C17H23NO2S/c1-3-15(12-19)18(11-16-8-5-9-21-16)10-14-7-4-6-13(2)17(14)20/h4-9,15,19-20H,3,10-12H2,1-2H3/t15-/m0/s1. The number of hydrogen-bond acceptors (Lipinski definition) is 4. The summed E-state index contributed by atoms with van der Waals surface area (Å²) in [6.07, 6.45) is 0.883. The molecule has 0 amide bonds. The highest BCUT2D eigenvalue weighted by Crippen LogP contribution is 2.25. The molecule has 0 radical (unpaired) electrons. The summed E-state index contributed by atoms with van der Waals surface area (Å²) < 4.78 is 0. The Morgan fingerprint density at radius 2 is 2.00 bits per heavy atom. The lowest BCUT2D eigenvalue weighted by Gasteiger charge is -2.29. The van der Waals surface area contributed by atoms with E-state index in [1.807, 2.05) is 31.2 Å². The van der Waals surface area contributed by atoms with Gasteiger partial charge in [-0.05, 0) is 30.4 Å². The Labute approximate surface area is 130 Å². The van der Waals surface area contributed by atoms with Gasteiger partial charge in [0.25, 0.3) is 0 Å². The lowest BCUT2D eigenvalue weighted by Crippen LogP contribution is -2.36. The Hall–Kier alpha value is -1.36. The summed E-state index contributed by atoms with van der Waals surface area (Å²) in [6, 6.07) is 10.1. The van der Waals surface area contributed by atoms with Crippen LogP contribution in [0.4, 0.5) is 0 Å². The predicted molar refractivity (Wildman–Crippen MR) is 87.6 cm³/mol. The second kappa shape index (κ2) is 7.59. The van der Waals surface area contributed by atoms with Gasteiger partial charge in [0.1, 0.15) is 5.75 Å². The normalized spacial score (nSPS) is 12.8. The van der Waals surface area contributed by atoms with Crippen LogP contribution in [0.3, 0.4) is 0 Å².